The van der Waals surface area contributed by atoms with Crippen LogP contribution in [0, 0.1) is 0 Å². The molecule has 0 amide bonds. The Balaban J connectivity index is 1.88. The second-order valence-corrected chi connectivity index (χ2v) is 7.29. The average molecular weight is 426 g/mol. The first kappa shape index (κ1) is 21.4. The minimum atomic E-state index is -0.376. The van der Waals surface area contributed by atoms with Crippen LogP contribution in [0.3, 0.4) is 0 Å². The van der Waals surface area contributed by atoms with Gasteiger partial charge in [-0.05, 0) is 60.9 Å². The summed E-state index contributed by atoms with van der Waals surface area (Å²) in [5.41, 5.74) is 1.15. The smallest absolute Gasteiger partial charge is 0.338 e. The normalized spacial score (nSPS) is 10.9. The number of fused-ring (bicyclic) bond motifs is 1. The maximum absolute atomic E-state index is 12.7. The monoisotopic (exact) mass is 426 g/mol. The highest BCUT2D eigenvalue weighted by Gasteiger charge is 2.15. The van der Waals surface area contributed by atoms with Crippen LogP contribution in [0.25, 0.3) is 16.2 Å². The minimum absolute atomic E-state index is 0.147. The summed E-state index contributed by atoms with van der Waals surface area (Å²) >= 11 is 1.37. The Morgan fingerprint density at radius 3 is 2.40 bits per heavy atom. The predicted octanol–water partition coefficient (Wildman–Crippen LogP) is 5.00. The first-order valence-electron chi connectivity index (χ1n) is 9.24. The Kier molecular flexibility index (Phi) is 6.74. The van der Waals surface area contributed by atoms with Gasteiger partial charge in [0, 0.05) is 10.3 Å². The second-order valence-electron chi connectivity index (χ2n) is 6.20. The van der Waals surface area contributed by atoms with Gasteiger partial charge in [-0.3, -0.25) is 4.79 Å². The molecule has 30 heavy (non-hydrogen) atoms. The van der Waals surface area contributed by atoms with Crippen LogP contribution in [0.2, 0.25) is 0 Å². The number of thiophene rings is 1. The van der Waals surface area contributed by atoms with Crippen molar-refractivity contribution in [3.05, 3.63) is 58.5 Å². The molecule has 3 rings (SSSR count). The Hall–Kier alpha value is -3.32. The molecule has 0 spiro atoms. The number of esters is 1. The van der Waals surface area contributed by atoms with Gasteiger partial charge in [0.15, 0.2) is 17.3 Å². The summed E-state index contributed by atoms with van der Waals surface area (Å²) in [6.45, 7) is 2.08. The third kappa shape index (κ3) is 4.31. The third-order valence-corrected chi connectivity index (χ3v) is 5.55. The van der Waals surface area contributed by atoms with E-state index in [4.69, 9.17) is 18.9 Å². The van der Waals surface area contributed by atoms with Gasteiger partial charge in [-0.15, -0.1) is 11.3 Å². The van der Waals surface area contributed by atoms with Crippen LogP contribution in [0.5, 0.6) is 17.2 Å². The van der Waals surface area contributed by atoms with Crippen LogP contribution in [-0.4, -0.2) is 39.7 Å². The Morgan fingerprint density at radius 2 is 1.73 bits per heavy atom. The molecule has 0 fully saturated rings. The lowest BCUT2D eigenvalue weighted by atomic mass is 10.1. The number of hydrogen-bond acceptors (Lipinski definition) is 7. The van der Waals surface area contributed by atoms with Gasteiger partial charge in [0.05, 0.1) is 38.4 Å². The van der Waals surface area contributed by atoms with E-state index in [1.54, 1.807) is 50.4 Å². The fourth-order valence-electron chi connectivity index (χ4n) is 3.01. The first-order valence-corrected chi connectivity index (χ1v) is 10.1. The summed E-state index contributed by atoms with van der Waals surface area (Å²) in [4.78, 5) is 25.2. The summed E-state index contributed by atoms with van der Waals surface area (Å²) in [5.74, 6) is 0.962. The molecule has 0 unspecified atom stereocenters. The molecule has 0 aliphatic rings. The minimum Gasteiger partial charge on any atom is -0.493 e. The van der Waals surface area contributed by atoms with Crippen LogP contribution >= 0.6 is 11.3 Å². The van der Waals surface area contributed by atoms with Crippen LogP contribution in [-0.2, 0) is 4.74 Å². The molecule has 156 valence electrons. The average Bonchev–Trinajstić information content (AvgIpc) is 3.20. The Morgan fingerprint density at radius 1 is 0.967 bits per heavy atom. The molecule has 0 atom stereocenters. The van der Waals surface area contributed by atoms with Gasteiger partial charge in [-0.1, -0.05) is 0 Å². The van der Waals surface area contributed by atoms with E-state index < -0.39 is 0 Å². The number of allylic oxidation sites excluding steroid dienone is 1. The van der Waals surface area contributed by atoms with Gasteiger partial charge in [0.1, 0.15) is 0 Å². The third-order valence-electron chi connectivity index (χ3n) is 4.42. The predicted molar refractivity (Wildman–Crippen MR) is 117 cm³/mol. The zero-order valence-corrected chi connectivity index (χ0v) is 18.0. The molecular formula is C23H22O6S. The van der Waals surface area contributed by atoms with Gasteiger partial charge in [0.2, 0.25) is 5.75 Å². The van der Waals surface area contributed by atoms with Crippen molar-refractivity contribution < 1.29 is 28.5 Å². The van der Waals surface area contributed by atoms with Crippen molar-refractivity contribution in [1.82, 2.24) is 0 Å². The van der Waals surface area contributed by atoms with Gasteiger partial charge in [0.25, 0.3) is 0 Å². The topological polar surface area (TPSA) is 71.1 Å². The fraction of sp³-hybridized carbons (Fsp3) is 0.217. The van der Waals surface area contributed by atoms with Gasteiger partial charge >= 0.3 is 5.97 Å². The van der Waals surface area contributed by atoms with E-state index in [0.717, 1.165) is 10.1 Å². The van der Waals surface area contributed by atoms with Crippen LogP contribution < -0.4 is 14.2 Å². The molecule has 0 saturated carbocycles. The van der Waals surface area contributed by atoms with Crippen LogP contribution in [0.1, 0.15) is 32.5 Å². The van der Waals surface area contributed by atoms with Crippen molar-refractivity contribution in [2.75, 3.05) is 27.9 Å². The van der Waals surface area contributed by atoms with Crippen molar-refractivity contribution in [3.8, 4) is 17.2 Å². The van der Waals surface area contributed by atoms with E-state index in [1.165, 1.54) is 31.6 Å². The van der Waals surface area contributed by atoms with Crippen molar-refractivity contribution >= 4 is 39.3 Å². The van der Waals surface area contributed by atoms with Gasteiger partial charge in [-0.2, -0.15) is 0 Å². The number of ketones is 1. The number of rotatable bonds is 8. The van der Waals surface area contributed by atoms with Crippen molar-refractivity contribution in [1.29, 1.82) is 0 Å². The second kappa shape index (κ2) is 9.45. The zero-order valence-electron chi connectivity index (χ0n) is 17.2. The SMILES string of the molecule is CCOC(=O)c1ccc2sc(C(=O)/C=C/c3ccc(OC)c(OC)c3OC)cc2c1. The van der Waals surface area contributed by atoms with E-state index in [-0.39, 0.29) is 11.8 Å². The van der Waals surface area contributed by atoms with Crippen LogP contribution in [0.15, 0.2) is 42.5 Å². The molecule has 0 N–H and O–H groups in total. The van der Waals surface area contributed by atoms with Crippen molar-refractivity contribution in [2.24, 2.45) is 0 Å². The lowest BCUT2D eigenvalue weighted by molar-refractivity contribution is 0.0526. The quantitative estimate of drug-likeness (QED) is 0.287. The highest BCUT2D eigenvalue weighted by Crippen LogP contribution is 2.40. The van der Waals surface area contributed by atoms with Crippen molar-refractivity contribution in [3.63, 3.8) is 0 Å². The molecule has 0 aliphatic heterocycles. The summed E-state index contributed by atoms with van der Waals surface area (Å²) in [6.07, 6.45) is 3.16. The molecule has 6 nitrogen and oxygen atoms in total. The Bertz CT molecular complexity index is 1110. The number of carbonyl (C=O) groups excluding carboxylic acids is 2. The maximum atomic E-state index is 12.7. The number of carbonyl (C=O) groups is 2. The summed E-state index contributed by atoms with van der Waals surface area (Å²) in [6, 6.07) is 10.6. The molecule has 1 aromatic heterocycles. The molecule has 0 radical (unpaired) electrons. The molecule has 0 saturated heterocycles. The molecule has 1 heterocycles. The van der Waals surface area contributed by atoms with E-state index in [2.05, 4.69) is 0 Å². The molecule has 2 aromatic carbocycles. The number of benzene rings is 2. The molecular weight excluding hydrogens is 404 g/mol. The van der Waals surface area contributed by atoms with Gasteiger partial charge in [-0.25, -0.2) is 4.79 Å². The first-order chi connectivity index (χ1) is 14.5. The standard InChI is InChI=1S/C23H22O6S/c1-5-29-23(25)15-8-11-19-16(12-15)13-20(30-19)17(24)9-6-14-7-10-18(26-2)22(28-4)21(14)27-3/h6-13H,5H2,1-4H3/b9-6+. The number of hydrogen-bond donors (Lipinski definition) is 0. The highest BCUT2D eigenvalue weighted by molar-refractivity contribution is 7.21. The highest BCUT2D eigenvalue weighted by atomic mass is 32.1. The molecule has 0 aliphatic carbocycles. The van der Waals surface area contributed by atoms with E-state index >= 15 is 0 Å². The summed E-state index contributed by atoms with van der Waals surface area (Å²) in [5, 5.41) is 0.825. The molecule has 0 bridgehead atoms. The Labute approximate surface area is 178 Å². The van der Waals surface area contributed by atoms with E-state index in [9.17, 15) is 9.59 Å². The lowest BCUT2D eigenvalue weighted by Gasteiger charge is -2.13. The van der Waals surface area contributed by atoms with Crippen molar-refractivity contribution in [2.45, 2.75) is 6.92 Å². The van der Waals surface area contributed by atoms with Crippen LogP contribution in [0.4, 0.5) is 0 Å². The molecule has 3 aromatic rings. The zero-order chi connectivity index (χ0) is 21.7. The number of methoxy groups -OCH3 is 3. The summed E-state index contributed by atoms with van der Waals surface area (Å²) in [7, 11) is 4.61. The largest absolute Gasteiger partial charge is 0.493 e. The summed E-state index contributed by atoms with van der Waals surface area (Å²) < 4.78 is 22.0. The number of ether oxygens (including phenoxy) is 4. The van der Waals surface area contributed by atoms with E-state index in [1.807, 2.05) is 6.07 Å². The van der Waals surface area contributed by atoms with Gasteiger partial charge < -0.3 is 18.9 Å². The lowest BCUT2D eigenvalue weighted by Crippen LogP contribution is -2.03. The fourth-order valence-corrected chi connectivity index (χ4v) is 3.97. The van der Waals surface area contributed by atoms with E-state index in [0.29, 0.717) is 39.9 Å². The maximum Gasteiger partial charge on any atom is 0.338 e. The molecule has 7 heteroatoms.